The Bertz CT molecular complexity index is 998. The lowest BCUT2D eigenvalue weighted by Gasteiger charge is -2.13. The van der Waals surface area contributed by atoms with Gasteiger partial charge in [-0.25, -0.2) is 9.37 Å². The van der Waals surface area contributed by atoms with Crippen LogP contribution in [0.3, 0.4) is 0 Å². The molecule has 3 rings (SSSR count). The Morgan fingerprint density at radius 3 is 2.50 bits per heavy atom. The molecule has 1 aromatic heterocycles. The van der Waals surface area contributed by atoms with Crippen molar-refractivity contribution in [1.82, 2.24) is 9.55 Å². The first-order chi connectivity index (χ1) is 13.3. The van der Waals surface area contributed by atoms with E-state index in [1.165, 1.54) is 0 Å². The number of benzene rings is 2. The van der Waals surface area contributed by atoms with Gasteiger partial charge in [-0.3, -0.25) is 0 Å². The van der Waals surface area contributed by atoms with E-state index in [2.05, 4.69) is 22.5 Å². The van der Waals surface area contributed by atoms with Gasteiger partial charge in [-0.05, 0) is 49.1 Å². The lowest BCUT2D eigenvalue weighted by molar-refractivity contribution is 0.607. The zero-order valence-electron chi connectivity index (χ0n) is 16.7. The number of nitrogens with zero attached hydrogens (tertiary/aromatic N) is 2. The SMILES string of the molecule is C=C[C@H](N)c1cc(C)cc2c1nc(NCCN)n2Cc1cc(C)c(F)c(C)c1. The van der Waals surface area contributed by atoms with Crippen molar-refractivity contribution in [3.05, 3.63) is 70.6 Å². The number of halogens is 1. The Morgan fingerprint density at radius 2 is 1.89 bits per heavy atom. The fourth-order valence-corrected chi connectivity index (χ4v) is 3.56. The van der Waals surface area contributed by atoms with Gasteiger partial charge in [0.05, 0.1) is 23.6 Å². The second-order valence-corrected chi connectivity index (χ2v) is 7.26. The number of fused-ring (bicyclic) bond motifs is 1. The molecule has 5 N–H and O–H groups in total. The first-order valence-corrected chi connectivity index (χ1v) is 9.44. The quantitative estimate of drug-likeness (QED) is 0.545. The van der Waals surface area contributed by atoms with Crippen LogP contribution >= 0.6 is 0 Å². The van der Waals surface area contributed by atoms with Crippen LogP contribution in [0.4, 0.5) is 10.3 Å². The molecule has 2 aromatic carbocycles. The van der Waals surface area contributed by atoms with Gasteiger partial charge in [0.15, 0.2) is 0 Å². The Hall–Kier alpha value is -2.70. The number of aromatic nitrogens is 2. The van der Waals surface area contributed by atoms with E-state index in [4.69, 9.17) is 16.5 Å². The van der Waals surface area contributed by atoms with E-state index in [-0.39, 0.29) is 11.9 Å². The molecular formula is C22H28FN5. The van der Waals surface area contributed by atoms with E-state index in [1.807, 2.05) is 25.1 Å². The highest BCUT2D eigenvalue weighted by Gasteiger charge is 2.17. The van der Waals surface area contributed by atoms with Crippen molar-refractivity contribution in [2.75, 3.05) is 18.4 Å². The summed E-state index contributed by atoms with van der Waals surface area (Å²) in [5.74, 6) is 0.569. The molecule has 6 heteroatoms. The number of imidazole rings is 1. The smallest absolute Gasteiger partial charge is 0.204 e. The maximum atomic E-state index is 14.1. The Kier molecular flexibility index (Phi) is 5.82. The third-order valence-electron chi connectivity index (χ3n) is 4.91. The molecule has 0 radical (unpaired) electrons. The number of hydrogen-bond donors (Lipinski definition) is 3. The van der Waals surface area contributed by atoms with Gasteiger partial charge in [-0.1, -0.05) is 24.3 Å². The fourth-order valence-electron chi connectivity index (χ4n) is 3.56. The van der Waals surface area contributed by atoms with E-state index in [9.17, 15) is 4.39 Å². The maximum Gasteiger partial charge on any atom is 0.204 e. The van der Waals surface area contributed by atoms with Crippen molar-refractivity contribution in [3.63, 3.8) is 0 Å². The molecule has 1 heterocycles. The highest BCUT2D eigenvalue weighted by Crippen LogP contribution is 2.29. The molecule has 0 amide bonds. The van der Waals surface area contributed by atoms with E-state index in [0.717, 1.165) is 33.7 Å². The summed E-state index contributed by atoms with van der Waals surface area (Å²) in [6.45, 7) is 11.1. The molecule has 0 bridgehead atoms. The molecule has 1 atom stereocenters. The lowest BCUT2D eigenvalue weighted by atomic mass is 10.0. The van der Waals surface area contributed by atoms with E-state index in [1.54, 1.807) is 19.9 Å². The summed E-state index contributed by atoms with van der Waals surface area (Å²) in [6, 6.07) is 7.60. The topological polar surface area (TPSA) is 81.9 Å². The molecule has 5 nitrogen and oxygen atoms in total. The molecule has 0 aliphatic carbocycles. The van der Waals surface area contributed by atoms with Crippen LogP contribution in [0.2, 0.25) is 0 Å². The third-order valence-corrected chi connectivity index (χ3v) is 4.91. The first-order valence-electron chi connectivity index (χ1n) is 9.44. The minimum Gasteiger partial charge on any atom is -0.354 e. The van der Waals surface area contributed by atoms with Gasteiger partial charge < -0.3 is 21.4 Å². The highest BCUT2D eigenvalue weighted by molar-refractivity contribution is 5.84. The molecule has 0 fully saturated rings. The van der Waals surface area contributed by atoms with Crippen molar-refractivity contribution in [3.8, 4) is 0 Å². The van der Waals surface area contributed by atoms with Crippen molar-refractivity contribution < 1.29 is 4.39 Å². The van der Waals surface area contributed by atoms with Gasteiger partial charge in [0, 0.05) is 18.7 Å². The summed E-state index contributed by atoms with van der Waals surface area (Å²) in [5, 5.41) is 3.30. The second kappa shape index (κ2) is 8.12. The van der Waals surface area contributed by atoms with Crippen LogP contribution in [0.5, 0.6) is 0 Å². The first kappa shape index (κ1) is 20.0. The summed E-state index contributed by atoms with van der Waals surface area (Å²) in [4.78, 5) is 4.81. The van der Waals surface area contributed by atoms with Crippen LogP contribution in [0, 0.1) is 26.6 Å². The molecule has 0 unspecified atom stereocenters. The Morgan fingerprint density at radius 1 is 1.21 bits per heavy atom. The fraction of sp³-hybridized carbons (Fsp3) is 0.318. The summed E-state index contributed by atoms with van der Waals surface area (Å²) in [5.41, 5.74) is 18.1. The summed E-state index contributed by atoms with van der Waals surface area (Å²) < 4.78 is 16.2. The molecule has 0 spiro atoms. The van der Waals surface area contributed by atoms with Crippen LogP contribution in [-0.4, -0.2) is 22.6 Å². The summed E-state index contributed by atoms with van der Waals surface area (Å²) in [7, 11) is 0. The van der Waals surface area contributed by atoms with E-state index < -0.39 is 0 Å². The van der Waals surface area contributed by atoms with Crippen LogP contribution in [-0.2, 0) is 6.54 Å². The zero-order valence-corrected chi connectivity index (χ0v) is 16.7. The largest absolute Gasteiger partial charge is 0.354 e. The van der Waals surface area contributed by atoms with Crippen LogP contribution in [0.15, 0.2) is 36.9 Å². The number of hydrogen-bond acceptors (Lipinski definition) is 4. The standard InChI is InChI=1S/C22H28FN5/c1-5-18(25)17-8-13(2)9-19-21(17)27-22(26-7-6-24)28(19)12-16-10-14(3)20(23)15(4)11-16/h5,8-11,18H,1,6-7,12,24-25H2,2-4H3,(H,26,27)/t18-/m0/s1. The van der Waals surface area contributed by atoms with Gasteiger partial charge in [0.25, 0.3) is 0 Å². The minimum atomic E-state index is -0.302. The molecule has 0 aliphatic rings. The van der Waals surface area contributed by atoms with Crippen LogP contribution < -0.4 is 16.8 Å². The normalized spacial score (nSPS) is 12.4. The molecular weight excluding hydrogens is 353 g/mol. The number of nitrogens with two attached hydrogens (primary N) is 2. The van der Waals surface area contributed by atoms with Gasteiger partial charge in [0.1, 0.15) is 5.82 Å². The number of anilines is 1. The molecule has 28 heavy (non-hydrogen) atoms. The molecule has 0 saturated heterocycles. The molecule has 148 valence electrons. The summed E-state index contributed by atoms with van der Waals surface area (Å²) in [6.07, 6.45) is 1.72. The lowest BCUT2D eigenvalue weighted by Crippen LogP contribution is -2.16. The monoisotopic (exact) mass is 381 g/mol. The average molecular weight is 381 g/mol. The van der Waals surface area contributed by atoms with Gasteiger partial charge in [-0.2, -0.15) is 0 Å². The van der Waals surface area contributed by atoms with Gasteiger partial charge >= 0.3 is 0 Å². The minimum absolute atomic E-state index is 0.157. The van der Waals surface area contributed by atoms with Crippen LogP contribution in [0.25, 0.3) is 11.0 Å². The van der Waals surface area contributed by atoms with Crippen molar-refractivity contribution in [2.45, 2.75) is 33.4 Å². The van der Waals surface area contributed by atoms with Crippen molar-refractivity contribution in [2.24, 2.45) is 11.5 Å². The van der Waals surface area contributed by atoms with Crippen molar-refractivity contribution >= 4 is 17.0 Å². The van der Waals surface area contributed by atoms with Crippen LogP contribution in [0.1, 0.15) is 33.9 Å². The Labute approximate surface area is 165 Å². The average Bonchev–Trinajstić information content (AvgIpc) is 3.00. The van der Waals surface area contributed by atoms with E-state index >= 15 is 0 Å². The number of nitrogens with one attached hydrogen (secondary N) is 1. The van der Waals surface area contributed by atoms with E-state index in [0.29, 0.717) is 30.8 Å². The zero-order chi connectivity index (χ0) is 20.4. The van der Waals surface area contributed by atoms with Gasteiger partial charge in [0.2, 0.25) is 5.95 Å². The Balaban J connectivity index is 2.18. The predicted molar refractivity (Wildman–Crippen MR) is 114 cm³/mol. The highest BCUT2D eigenvalue weighted by atomic mass is 19.1. The predicted octanol–water partition coefficient (Wildman–Crippen LogP) is 3.71. The third kappa shape index (κ3) is 3.79. The maximum absolute atomic E-state index is 14.1. The second-order valence-electron chi connectivity index (χ2n) is 7.26. The van der Waals surface area contributed by atoms with Crippen molar-refractivity contribution in [1.29, 1.82) is 0 Å². The molecule has 3 aromatic rings. The molecule has 0 aliphatic heterocycles. The number of rotatable bonds is 7. The molecule has 0 saturated carbocycles. The van der Waals surface area contributed by atoms with Gasteiger partial charge in [-0.15, -0.1) is 6.58 Å². The number of aryl methyl sites for hydroxylation is 3. The summed E-state index contributed by atoms with van der Waals surface area (Å²) >= 11 is 0.